The Morgan fingerprint density at radius 3 is 2.13 bits per heavy atom. The molecule has 1 aromatic heterocycles. The molecule has 1 N–H and O–H groups in total. The number of benzene rings is 3. The van der Waals surface area contributed by atoms with E-state index in [0.717, 1.165) is 33.8 Å². The van der Waals surface area contributed by atoms with Crippen molar-refractivity contribution in [1.82, 2.24) is 15.3 Å². The highest BCUT2D eigenvalue weighted by Gasteiger charge is 2.18. The van der Waals surface area contributed by atoms with E-state index in [2.05, 4.69) is 15.3 Å². The van der Waals surface area contributed by atoms with Gasteiger partial charge in [-0.25, -0.2) is 9.97 Å². The van der Waals surface area contributed by atoms with Crippen molar-refractivity contribution in [3.63, 3.8) is 0 Å². The predicted molar refractivity (Wildman–Crippen MR) is 118 cm³/mol. The number of hydrogen-bond donors (Lipinski definition) is 1. The van der Waals surface area contributed by atoms with Crippen molar-refractivity contribution in [3.8, 4) is 5.75 Å². The summed E-state index contributed by atoms with van der Waals surface area (Å²) in [5.41, 5.74) is 5.78. The van der Waals surface area contributed by atoms with Gasteiger partial charge in [0.15, 0.2) is 0 Å². The van der Waals surface area contributed by atoms with E-state index in [9.17, 15) is 4.79 Å². The minimum absolute atomic E-state index is 0.165. The van der Waals surface area contributed by atoms with E-state index < -0.39 is 0 Å². The number of methoxy groups -OCH3 is 1. The maximum absolute atomic E-state index is 13.1. The molecule has 30 heavy (non-hydrogen) atoms. The summed E-state index contributed by atoms with van der Waals surface area (Å²) in [6.45, 7) is 3.85. The minimum atomic E-state index is -0.286. The molecule has 3 aromatic carbocycles. The van der Waals surface area contributed by atoms with Crippen molar-refractivity contribution in [2.24, 2.45) is 0 Å². The van der Waals surface area contributed by atoms with Gasteiger partial charge in [-0.15, -0.1) is 0 Å². The fraction of sp³-hybridized carbons (Fsp3) is 0.160. The quantitative estimate of drug-likeness (QED) is 0.527. The molecular formula is C25H23N3O2. The highest BCUT2D eigenvalue weighted by molar-refractivity contribution is 5.97. The number of nitrogens with one attached hydrogen (secondary N) is 1. The molecule has 0 saturated heterocycles. The van der Waals surface area contributed by atoms with Gasteiger partial charge < -0.3 is 10.1 Å². The molecule has 0 radical (unpaired) electrons. The molecule has 0 spiro atoms. The zero-order valence-corrected chi connectivity index (χ0v) is 17.2. The lowest BCUT2D eigenvalue weighted by molar-refractivity contribution is 0.0943. The Bertz CT molecular complexity index is 1190. The summed E-state index contributed by atoms with van der Waals surface area (Å²) < 4.78 is 5.26. The SMILES string of the molecule is COc1ccc([C@@H](NC(=O)c2ccc3nc(C)c(C)nc3c2)c2ccccc2)cc1. The maximum Gasteiger partial charge on any atom is 0.252 e. The van der Waals surface area contributed by atoms with Crippen LogP contribution in [0.4, 0.5) is 0 Å². The summed E-state index contributed by atoms with van der Waals surface area (Å²) >= 11 is 0. The fourth-order valence-corrected chi connectivity index (χ4v) is 3.39. The average Bonchev–Trinajstić information content (AvgIpc) is 2.78. The number of rotatable bonds is 5. The van der Waals surface area contributed by atoms with Crippen molar-refractivity contribution in [3.05, 3.63) is 101 Å². The van der Waals surface area contributed by atoms with Crippen LogP contribution in [0.2, 0.25) is 0 Å². The molecule has 5 nitrogen and oxygen atoms in total. The largest absolute Gasteiger partial charge is 0.497 e. The number of aryl methyl sites for hydroxylation is 2. The third-order valence-electron chi connectivity index (χ3n) is 5.19. The van der Waals surface area contributed by atoms with Crippen LogP contribution < -0.4 is 10.1 Å². The summed E-state index contributed by atoms with van der Waals surface area (Å²) in [5, 5.41) is 3.17. The van der Waals surface area contributed by atoms with Crippen molar-refractivity contribution >= 4 is 16.9 Å². The van der Waals surface area contributed by atoms with Gasteiger partial charge in [0.05, 0.1) is 35.6 Å². The van der Waals surface area contributed by atoms with Crippen molar-refractivity contribution in [2.75, 3.05) is 7.11 Å². The summed E-state index contributed by atoms with van der Waals surface area (Å²) in [6, 6.07) is 22.8. The fourth-order valence-electron chi connectivity index (χ4n) is 3.39. The number of ether oxygens (including phenoxy) is 1. The van der Waals surface area contributed by atoms with Crippen LogP contribution >= 0.6 is 0 Å². The highest BCUT2D eigenvalue weighted by atomic mass is 16.5. The summed E-state index contributed by atoms with van der Waals surface area (Å²) in [4.78, 5) is 22.3. The summed E-state index contributed by atoms with van der Waals surface area (Å²) in [5.74, 6) is 0.609. The zero-order valence-electron chi connectivity index (χ0n) is 17.2. The van der Waals surface area contributed by atoms with Gasteiger partial charge in [-0.3, -0.25) is 4.79 Å². The van der Waals surface area contributed by atoms with Gasteiger partial charge in [0.1, 0.15) is 5.75 Å². The van der Waals surface area contributed by atoms with E-state index in [4.69, 9.17) is 4.74 Å². The molecule has 0 aliphatic carbocycles. The number of nitrogens with zero attached hydrogens (tertiary/aromatic N) is 2. The first kappa shape index (κ1) is 19.6. The standard InChI is InChI=1S/C25H23N3O2/c1-16-17(2)27-23-15-20(11-14-22(23)26-16)25(29)28-24(18-7-5-4-6-8-18)19-9-12-21(30-3)13-10-19/h4-15,24H,1-3H3,(H,28,29)/t24-/m0/s1. The van der Waals surface area contributed by atoms with Gasteiger partial charge in [0.2, 0.25) is 0 Å². The lowest BCUT2D eigenvalue weighted by Crippen LogP contribution is -2.29. The third-order valence-corrected chi connectivity index (χ3v) is 5.19. The first-order chi connectivity index (χ1) is 14.5. The molecule has 1 atom stereocenters. The molecule has 0 saturated carbocycles. The normalized spacial score (nSPS) is 11.8. The van der Waals surface area contributed by atoms with E-state index in [1.807, 2.05) is 74.5 Å². The van der Waals surface area contributed by atoms with E-state index in [1.165, 1.54) is 0 Å². The van der Waals surface area contributed by atoms with Crippen LogP contribution in [0, 0.1) is 13.8 Å². The van der Waals surface area contributed by atoms with Crippen molar-refractivity contribution in [2.45, 2.75) is 19.9 Å². The molecule has 0 fully saturated rings. The summed E-state index contributed by atoms with van der Waals surface area (Å²) in [7, 11) is 1.64. The van der Waals surface area contributed by atoms with Crippen LogP contribution in [0.5, 0.6) is 5.75 Å². The molecule has 1 heterocycles. The molecule has 4 rings (SSSR count). The molecule has 0 bridgehead atoms. The number of carbonyl (C=O) groups excluding carboxylic acids is 1. The molecule has 5 heteroatoms. The second kappa shape index (κ2) is 8.33. The Labute approximate surface area is 175 Å². The first-order valence-electron chi connectivity index (χ1n) is 9.80. The third kappa shape index (κ3) is 4.01. The number of carbonyl (C=O) groups is 1. The molecule has 0 aliphatic heterocycles. The Balaban J connectivity index is 1.67. The lowest BCUT2D eigenvalue weighted by atomic mass is 9.98. The van der Waals surface area contributed by atoms with Gasteiger partial charge in [-0.05, 0) is 55.3 Å². The van der Waals surface area contributed by atoms with Crippen LogP contribution in [-0.2, 0) is 0 Å². The van der Waals surface area contributed by atoms with Crippen LogP contribution in [-0.4, -0.2) is 23.0 Å². The zero-order chi connectivity index (χ0) is 21.1. The van der Waals surface area contributed by atoms with Gasteiger partial charge in [-0.2, -0.15) is 0 Å². The minimum Gasteiger partial charge on any atom is -0.497 e. The Morgan fingerprint density at radius 2 is 1.47 bits per heavy atom. The van der Waals surface area contributed by atoms with Gasteiger partial charge in [0, 0.05) is 5.56 Å². The number of amides is 1. The van der Waals surface area contributed by atoms with Gasteiger partial charge in [0.25, 0.3) is 5.91 Å². The van der Waals surface area contributed by atoms with Crippen LogP contribution in [0.1, 0.15) is 38.9 Å². The van der Waals surface area contributed by atoms with E-state index >= 15 is 0 Å². The lowest BCUT2D eigenvalue weighted by Gasteiger charge is -2.20. The van der Waals surface area contributed by atoms with Crippen molar-refractivity contribution in [1.29, 1.82) is 0 Å². The van der Waals surface area contributed by atoms with Gasteiger partial charge in [-0.1, -0.05) is 42.5 Å². The molecule has 150 valence electrons. The Hall–Kier alpha value is -3.73. The number of aromatic nitrogens is 2. The van der Waals surface area contributed by atoms with Crippen molar-refractivity contribution < 1.29 is 9.53 Å². The highest BCUT2D eigenvalue weighted by Crippen LogP contribution is 2.25. The molecule has 0 unspecified atom stereocenters. The molecule has 0 aliphatic rings. The maximum atomic E-state index is 13.1. The topological polar surface area (TPSA) is 64.1 Å². The molecule has 1 amide bonds. The first-order valence-corrected chi connectivity index (χ1v) is 9.80. The van der Waals surface area contributed by atoms with Gasteiger partial charge >= 0.3 is 0 Å². The second-order valence-electron chi connectivity index (χ2n) is 7.19. The molecule has 4 aromatic rings. The van der Waals surface area contributed by atoms with E-state index in [0.29, 0.717) is 11.1 Å². The Morgan fingerprint density at radius 1 is 0.833 bits per heavy atom. The Kier molecular flexibility index (Phi) is 5.44. The number of hydrogen-bond acceptors (Lipinski definition) is 4. The summed E-state index contributed by atoms with van der Waals surface area (Å²) in [6.07, 6.45) is 0. The average molecular weight is 397 g/mol. The number of fused-ring (bicyclic) bond motifs is 1. The van der Waals surface area contributed by atoms with E-state index in [1.54, 1.807) is 19.2 Å². The smallest absolute Gasteiger partial charge is 0.252 e. The molecular weight excluding hydrogens is 374 g/mol. The van der Waals surface area contributed by atoms with Crippen LogP contribution in [0.15, 0.2) is 72.8 Å². The predicted octanol–water partition coefficient (Wildman–Crippen LogP) is 4.77. The second-order valence-corrected chi connectivity index (χ2v) is 7.19. The van der Waals surface area contributed by atoms with Crippen LogP contribution in [0.3, 0.4) is 0 Å². The van der Waals surface area contributed by atoms with E-state index in [-0.39, 0.29) is 11.9 Å². The monoisotopic (exact) mass is 397 g/mol. The van der Waals surface area contributed by atoms with Crippen LogP contribution in [0.25, 0.3) is 11.0 Å².